The highest BCUT2D eigenvalue weighted by Crippen LogP contribution is 2.19. The maximum Gasteiger partial charge on any atom is 0.401 e. The van der Waals surface area contributed by atoms with Crippen LogP contribution < -0.4 is 11.1 Å². The summed E-state index contributed by atoms with van der Waals surface area (Å²) in [4.78, 5) is 10.7. The van der Waals surface area contributed by atoms with Gasteiger partial charge >= 0.3 is 6.18 Å². The summed E-state index contributed by atoms with van der Waals surface area (Å²) in [5.41, 5.74) is 3.59. The van der Waals surface area contributed by atoms with E-state index in [9.17, 15) is 18.0 Å². The Balaban J connectivity index is 2.46. The summed E-state index contributed by atoms with van der Waals surface area (Å²) in [7, 11) is 0. The number of primary amides is 1. The lowest BCUT2D eigenvalue weighted by Gasteiger charge is -2.39. The van der Waals surface area contributed by atoms with Crippen molar-refractivity contribution >= 4 is 5.91 Å². The summed E-state index contributed by atoms with van der Waals surface area (Å²) in [5.74, 6) is -0.817. The van der Waals surface area contributed by atoms with Crippen molar-refractivity contribution in [3.05, 3.63) is 0 Å². The van der Waals surface area contributed by atoms with Crippen LogP contribution in [0.15, 0.2) is 0 Å². The Morgan fingerprint density at radius 3 is 2.31 bits per heavy atom. The van der Waals surface area contributed by atoms with E-state index in [0.29, 0.717) is 0 Å². The average Bonchev–Trinajstić information content (AvgIpc) is 1.80. The molecule has 0 radical (unpaired) electrons. The second-order valence-corrected chi connectivity index (χ2v) is 2.91. The fourth-order valence-corrected chi connectivity index (χ4v) is 0.907. The van der Waals surface area contributed by atoms with E-state index < -0.39 is 24.2 Å². The van der Waals surface area contributed by atoms with Gasteiger partial charge in [-0.25, -0.2) is 0 Å². The van der Waals surface area contributed by atoms with Gasteiger partial charge in [-0.05, 0) is 0 Å². The molecule has 0 bridgehead atoms. The van der Waals surface area contributed by atoms with Crippen molar-refractivity contribution in [2.24, 2.45) is 5.73 Å². The van der Waals surface area contributed by atoms with E-state index in [2.05, 4.69) is 4.74 Å². The van der Waals surface area contributed by atoms with Crippen LogP contribution in [-0.4, -0.2) is 37.4 Å². The van der Waals surface area contributed by atoms with Crippen molar-refractivity contribution in [3.8, 4) is 0 Å². The van der Waals surface area contributed by atoms with Crippen molar-refractivity contribution < 1.29 is 22.7 Å². The van der Waals surface area contributed by atoms with E-state index in [-0.39, 0.29) is 13.2 Å². The molecule has 0 spiro atoms. The quantitative estimate of drug-likeness (QED) is 0.636. The van der Waals surface area contributed by atoms with Crippen molar-refractivity contribution in [2.45, 2.75) is 11.7 Å². The molecule has 1 fully saturated rings. The minimum absolute atomic E-state index is 0.0988. The van der Waals surface area contributed by atoms with Crippen molar-refractivity contribution in [3.63, 3.8) is 0 Å². The largest absolute Gasteiger partial charge is 0.401 e. The van der Waals surface area contributed by atoms with E-state index in [1.165, 1.54) is 0 Å². The fraction of sp³-hybridized carbons (Fsp3) is 0.833. The molecule has 76 valence electrons. The van der Waals surface area contributed by atoms with Gasteiger partial charge < -0.3 is 10.5 Å². The predicted octanol–water partition coefficient (Wildman–Crippen LogP) is -0.607. The molecule has 13 heavy (non-hydrogen) atoms. The van der Waals surface area contributed by atoms with Gasteiger partial charge in [0, 0.05) is 0 Å². The molecule has 1 rings (SSSR count). The molecular weight excluding hydrogens is 189 g/mol. The summed E-state index contributed by atoms with van der Waals surface area (Å²) in [6.45, 7) is -1.43. The molecule has 3 N–H and O–H groups in total. The number of amides is 1. The number of hydrogen-bond acceptors (Lipinski definition) is 3. The zero-order valence-electron chi connectivity index (χ0n) is 6.65. The number of rotatable bonds is 3. The molecule has 0 aliphatic carbocycles. The van der Waals surface area contributed by atoms with Crippen molar-refractivity contribution in [1.82, 2.24) is 5.32 Å². The summed E-state index contributed by atoms with van der Waals surface area (Å²) < 4.78 is 39.9. The van der Waals surface area contributed by atoms with Crippen LogP contribution in [0.3, 0.4) is 0 Å². The van der Waals surface area contributed by atoms with Crippen LogP contribution in [-0.2, 0) is 9.53 Å². The minimum Gasteiger partial charge on any atom is -0.376 e. The first kappa shape index (κ1) is 10.3. The Bertz CT molecular complexity index is 212. The highest BCUT2D eigenvalue weighted by atomic mass is 19.4. The Kier molecular flexibility index (Phi) is 2.49. The smallest absolute Gasteiger partial charge is 0.376 e. The van der Waals surface area contributed by atoms with E-state index in [1.807, 2.05) is 5.32 Å². The molecule has 1 aliphatic heterocycles. The van der Waals surface area contributed by atoms with Crippen LogP contribution in [0.1, 0.15) is 0 Å². The number of hydrogen-bond donors (Lipinski definition) is 2. The summed E-state index contributed by atoms with van der Waals surface area (Å²) >= 11 is 0. The Morgan fingerprint density at radius 2 is 2.08 bits per heavy atom. The van der Waals surface area contributed by atoms with Crippen molar-refractivity contribution in [2.75, 3.05) is 19.8 Å². The van der Waals surface area contributed by atoms with Crippen LogP contribution >= 0.6 is 0 Å². The third kappa shape index (κ3) is 2.31. The van der Waals surface area contributed by atoms with Crippen LogP contribution in [0.2, 0.25) is 0 Å². The summed E-state index contributed by atoms with van der Waals surface area (Å²) in [5, 5.41) is 2.05. The molecule has 7 heteroatoms. The standard InChI is InChI=1S/C6H9F3N2O2/c7-6(8,9)1-11-5(4(10)12)2-13-3-5/h11H,1-3H2,(H2,10,12). The fourth-order valence-electron chi connectivity index (χ4n) is 0.907. The summed E-state index contributed by atoms with van der Waals surface area (Å²) in [6.07, 6.45) is -4.35. The van der Waals surface area contributed by atoms with Gasteiger partial charge in [0.2, 0.25) is 5.91 Å². The number of halogens is 3. The maximum absolute atomic E-state index is 11.8. The van der Waals surface area contributed by atoms with Gasteiger partial charge in [-0.1, -0.05) is 0 Å². The molecule has 0 aromatic heterocycles. The molecule has 4 nitrogen and oxygen atoms in total. The number of alkyl halides is 3. The SMILES string of the molecule is NC(=O)C1(NCC(F)(F)F)COC1. The third-order valence-electron chi connectivity index (χ3n) is 1.80. The number of carbonyl (C=O) groups is 1. The second kappa shape index (κ2) is 3.15. The van der Waals surface area contributed by atoms with E-state index in [0.717, 1.165) is 0 Å². The molecule has 1 aliphatic rings. The van der Waals surface area contributed by atoms with E-state index in [1.54, 1.807) is 0 Å². The maximum atomic E-state index is 11.8. The lowest BCUT2D eigenvalue weighted by molar-refractivity contribution is -0.158. The monoisotopic (exact) mass is 198 g/mol. The first-order chi connectivity index (χ1) is 5.86. The van der Waals surface area contributed by atoms with Crippen LogP contribution in [0.5, 0.6) is 0 Å². The highest BCUT2D eigenvalue weighted by Gasteiger charge is 2.46. The zero-order chi connectivity index (χ0) is 10.1. The van der Waals surface area contributed by atoms with E-state index >= 15 is 0 Å². The number of ether oxygens (including phenoxy) is 1. The average molecular weight is 198 g/mol. The van der Waals surface area contributed by atoms with Crippen LogP contribution in [0, 0.1) is 0 Å². The van der Waals surface area contributed by atoms with Gasteiger partial charge in [0.1, 0.15) is 5.54 Å². The molecule has 1 heterocycles. The minimum atomic E-state index is -4.35. The lowest BCUT2D eigenvalue weighted by atomic mass is 9.97. The van der Waals surface area contributed by atoms with Crippen LogP contribution in [0.4, 0.5) is 13.2 Å². The molecule has 0 saturated carbocycles. The Hall–Kier alpha value is -0.820. The number of nitrogens with one attached hydrogen (secondary N) is 1. The third-order valence-corrected chi connectivity index (χ3v) is 1.80. The Labute approximate surface area is 72.2 Å². The van der Waals surface area contributed by atoms with Gasteiger partial charge in [0.05, 0.1) is 19.8 Å². The van der Waals surface area contributed by atoms with Gasteiger partial charge in [-0.2, -0.15) is 13.2 Å². The number of nitrogens with two attached hydrogens (primary N) is 1. The predicted molar refractivity (Wildman–Crippen MR) is 36.8 cm³/mol. The normalized spacial score (nSPS) is 20.8. The number of carbonyl (C=O) groups excluding carboxylic acids is 1. The molecule has 1 saturated heterocycles. The van der Waals surface area contributed by atoms with Gasteiger partial charge in [-0.3, -0.25) is 10.1 Å². The second-order valence-electron chi connectivity index (χ2n) is 2.91. The molecule has 0 aromatic carbocycles. The Morgan fingerprint density at radius 1 is 1.54 bits per heavy atom. The first-order valence-electron chi connectivity index (χ1n) is 3.55. The first-order valence-corrected chi connectivity index (χ1v) is 3.55. The van der Waals surface area contributed by atoms with Crippen molar-refractivity contribution in [1.29, 1.82) is 0 Å². The van der Waals surface area contributed by atoms with Gasteiger partial charge in [0.25, 0.3) is 0 Å². The lowest BCUT2D eigenvalue weighted by Crippen LogP contribution is -2.69. The van der Waals surface area contributed by atoms with Crippen LogP contribution in [0.25, 0.3) is 0 Å². The van der Waals surface area contributed by atoms with E-state index in [4.69, 9.17) is 5.73 Å². The molecular formula is C6H9F3N2O2. The highest BCUT2D eigenvalue weighted by molar-refractivity contribution is 5.86. The van der Waals surface area contributed by atoms with Gasteiger partial charge in [0.15, 0.2) is 0 Å². The molecule has 0 aromatic rings. The summed E-state index contributed by atoms with van der Waals surface area (Å²) in [6, 6.07) is 0. The molecule has 0 atom stereocenters. The topological polar surface area (TPSA) is 64.4 Å². The van der Waals surface area contributed by atoms with Gasteiger partial charge in [-0.15, -0.1) is 0 Å². The molecule has 1 amide bonds. The molecule has 0 unspecified atom stereocenters. The zero-order valence-corrected chi connectivity index (χ0v) is 6.65.